The van der Waals surface area contributed by atoms with Gasteiger partial charge in [0, 0.05) is 25.0 Å². The van der Waals surface area contributed by atoms with Gasteiger partial charge in [0.05, 0.1) is 16.5 Å². The summed E-state index contributed by atoms with van der Waals surface area (Å²) in [6, 6.07) is 3.61. The maximum absolute atomic E-state index is 14.4. The molecule has 7 nitrogen and oxygen atoms in total. The number of thioether (sulfide) groups is 1. The Balaban J connectivity index is 1.99. The predicted octanol–water partition coefficient (Wildman–Crippen LogP) is 3.58. The number of alkyl halides is 2. The first-order valence-electron chi connectivity index (χ1n) is 8.91. The van der Waals surface area contributed by atoms with E-state index < -0.39 is 34.8 Å². The van der Waals surface area contributed by atoms with Crippen molar-refractivity contribution in [1.29, 1.82) is 0 Å². The maximum Gasteiger partial charge on any atom is 0.266 e. The second kappa shape index (κ2) is 8.92. The van der Waals surface area contributed by atoms with Gasteiger partial charge in [0.15, 0.2) is 22.6 Å². The minimum Gasteiger partial charge on any atom is -0.379 e. The molecule has 0 unspecified atom stereocenters. The topological polar surface area (TPSA) is 109 Å². The van der Waals surface area contributed by atoms with Crippen LogP contribution in [0.25, 0.3) is 11.0 Å². The van der Waals surface area contributed by atoms with E-state index >= 15 is 0 Å². The highest BCUT2D eigenvalue weighted by Crippen LogP contribution is 2.37. The summed E-state index contributed by atoms with van der Waals surface area (Å²) in [6.45, 7) is 1.20. The zero-order chi connectivity index (χ0) is 22.8. The van der Waals surface area contributed by atoms with Crippen molar-refractivity contribution in [2.45, 2.75) is 24.5 Å². The van der Waals surface area contributed by atoms with E-state index in [2.05, 4.69) is 25.3 Å². The summed E-state index contributed by atoms with van der Waals surface area (Å²) in [5.74, 6) is -2.29. The summed E-state index contributed by atoms with van der Waals surface area (Å²) in [5.41, 5.74) is 5.61. The number of benzene rings is 1. The van der Waals surface area contributed by atoms with E-state index in [0.29, 0.717) is 17.3 Å². The lowest BCUT2D eigenvalue weighted by atomic mass is 9.99. The third-order valence-electron chi connectivity index (χ3n) is 4.42. The van der Waals surface area contributed by atoms with Crippen LogP contribution in [0.15, 0.2) is 40.4 Å². The number of fused-ring (bicyclic) bond motifs is 1. The molecule has 0 fully saturated rings. The van der Waals surface area contributed by atoms with Gasteiger partial charge >= 0.3 is 0 Å². The number of anilines is 2. The van der Waals surface area contributed by atoms with Crippen molar-refractivity contribution >= 4 is 39.5 Å². The number of hydrogen-bond donors (Lipinski definition) is 3. The Bertz CT molecular complexity index is 1200. The van der Waals surface area contributed by atoms with Crippen LogP contribution in [0.2, 0.25) is 0 Å². The van der Waals surface area contributed by atoms with Crippen LogP contribution in [0.1, 0.15) is 12.5 Å². The first-order valence-corrected chi connectivity index (χ1v) is 9.73. The minimum absolute atomic E-state index is 0.0700. The van der Waals surface area contributed by atoms with E-state index in [1.165, 1.54) is 32.3 Å². The number of hydrogen-bond acceptors (Lipinski definition) is 6. The fourth-order valence-electron chi connectivity index (χ4n) is 2.87. The molecule has 164 valence electrons. The van der Waals surface area contributed by atoms with Crippen molar-refractivity contribution in [2.24, 2.45) is 10.7 Å². The van der Waals surface area contributed by atoms with Gasteiger partial charge in [-0.15, -0.1) is 0 Å². The zero-order valence-corrected chi connectivity index (χ0v) is 17.2. The highest BCUT2D eigenvalue weighted by molar-refractivity contribution is 8.15. The number of pyridine rings is 1. The lowest BCUT2D eigenvalue weighted by Crippen LogP contribution is -2.36. The lowest BCUT2D eigenvalue weighted by molar-refractivity contribution is 0.106. The van der Waals surface area contributed by atoms with Crippen molar-refractivity contribution in [2.75, 3.05) is 12.4 Å². The van der Waals surface area contributed by atoms with Crippen molar-refractivity contribution in [1.82, 2.24) is 15.0 Å². The lowest BCUT2D eigenvalue weighted by Gasteiger charge is -2.28. The fourth-order valence-corrected chi connectivity index (χ4v) is 3.75. The molecule has 1 aromatic carbocycles. The monoisotopic (exact) mass is 454 g/mol. The fraction of sp³-hybridized carbons (Fsp3) is 0.263. The molecule has 0 saturated carbocycles. The molecular weight excluding hydrogens is 436 g/mol. The summed E-state index contributed by atoms with van der Waals surface area (Å²) in [5, 5.41) is 2.70. The number of aromatic amines is 1. The second-order valence-corrected chi connectivity index (χ2v) is 8.37. The number of H-pyrrole nitrogens is 1. The summed E-state index contributed by atoms with van der Waals surface area (Å²) in [6.07, 6.45) is -0.965. The molecule has 0 bridgehead atoms. The number of amidine groups is 1. The van der Waals surface area contributed by atoms with Gasteiger partial charge in [-0.05, 0) is 31.0 Å². The van der Waals surface area contributed by atoms with Gasteiger partial charge in [-0.2, -0.15) is 0 Å². The van der Waals surface area contributed by atoms with Gasteiger partial charge in [-0.1, -0.05) is 11.8 Å². The Kier molecular flexibility index (Phi) is 6.48. The van der Waals surface area contributed by atoms with E-state index in [1.54, 1.807) is 0 Å². The van der Waals surface area contributed by atoms with E-state index in [4.69, 9.17) is 5.73 Å². The Morgan fingerprint density at radius 2 is 2.10 bits per heavy atom. The van der Waals surface area contributed by atoms with E-state index in [0.717, 1.165) is 12.3 Å². The van der Waals surface area contributed by atoms with Crippen molar-refractivity contribution in [3.8, 4) is 0 Å². The highest BCUT2D eigenvalue weighted by Gasteiger charge is 2.38. The molecule has 0 saturated heterocycles. The standard InChI is InChI=1S/C19H18F4N6OS/c1-19(17(22)23,31-18(24)25-2)7-9-5-10(6-11(20)14(9)21)28-16-15-12(3-4-26-16)29-13(30)8-27-15/h3-6,8,17H,7H2,1-2H3,(H2,24,25)(H,26,28)(H,29,30)/t19-/m1/s1. The zero-order valence-electron chi connectivity index (χ0n) is 16.4. The molecule has 2 heterocycles. The molecule has 0 radical (unpaired) electrons. The average Bonchev–Trinajstić information content (AvgIpc) is 2.71. The quantitative estimate of drug-likeness (QED) is 0.298. The van der Waals surface area contributed by atoms with E-state index in [-0.39, 0.29) is 27.8 Å². The second-order valence-electron chi connectivity index (χ2n) is 6.81. The van der Waals surface area contributed by atoms with Crippen LogP contribution in [-0.4, -0.2) is 38.3 Å². The molecule has 0 aliphatic heterocycles. The van der Waals surface area contributed by atoms with Gasteiger partial charge in [-0.3, -0.25) is 9.79 Å². The van der Waals surface area contributed by atoms with Gasteiger partial charge in [0.1, 0.15) is 5.52 Å². The third kappa shape index (κ3) is 4.95. The number of aromatic nitrogens is 3. The molecule has 1 atom stereocenters. The van der Waals surface area contributed by atoms with Crippen LogP contribution >= 0.6 is 11.8 Å². The average molecular weight is 454 g/mol. The Hall–Kier alpha value is -3.15. The smallest absolute Gasteiger partial charge is 0.266 e. The Labute approximate surface area is 178 Å². The molecule has 0 spiro atoms. The minimum atomic E-state index is -2.89. The summed E-state index contributed by atoms with van der Waals surface area (Å²) < 4.78 is 54.4. The largest absolute Gasteiger partial charge is 0.379 e. The van der Waals surface area contributed by atoms with Gasteiger partial charge < -0.3 is 16.0 Å². The van der Waals surface area contributed by atoms with Crippen LogP contribution in [0.3, 0.4) is 0 Å². The summed E-state index contributed by atoms with van der Waals surface area (Å²) in [4.78, 5) is 25.8. The van der Waals surface area contributed by atoms with Crippen LogP contribution < -0.4 is 16.6 Å². The third-order valence-corrected chi connectivity index (χ3v) is 5.60. The molecule has 4 N–H and O–H groups in total. The van der Waals surface area contributed by atoms with Crippen LogP contribution in [0, 0.1) is 11.6 Å². The molecule has 3 aromatic rings. The first-order chi connectivity index (χ1) is 14.6. The summed E-state index contributed by atoms with van der Waals surface area (Å²) in [7, 11) is 1.34. The number of aliphatic imine (C=N–C) groups is 1. The number of halogens is 4. The SMILES string of the molecule is CN=C(N)S[C@](C)(Cc1cc(Nc2nccc3[nH]c(=O)cnc23)cc(F)c1F)C(F)F. The summed E-state index contributed by atoms with van der Waals surface area (Å²) >= 11 is 0.590. The normalized spacial score (nSPS) is 14.1. The Morgan fingerprint density at radius 1 is 1.35 bits per heavy atom. The molecular formula is C19H18F4N6OS. The molecule has 0 aliphatic carbocycles. The number of nitrogens with one attached hydrogen (secondary N) is 2. The molecule has 3 rings (SSSR count). The van der Waals surface area contributed by atoms with Gasteiger partial charge in [0.2, 0.25) is 0 Å². The van der Waals surface area contributed by atoms with E-state index in [1.807, 2.05) is 0 Å². The van der Waals surface area contributed by atoms with Gasteiger partial charge in [-0.25, -0.2) is 27.5 Å². The Morgan fingerprint density at radius 3 is 2.77 bits per heavy atom. The maximum atomic E-state index is 14.4. The van der Waals surface area contributed by atoms with E-state index in [9.17, 15) is 22.4 Å². The molecule has 12 heteroatoms. The molecule has 0 aliphatic rings. The predicted molar refractivity (Wildman–Crippen MR) is 113 cm³/mol. The van der Waals surface area contributed by atoms with Crippen LogP contribution in [0.4, 0.5) is 29.1 Å². The van der Waals surface area contributed by atoms with Crippen LogP contribution in [0.5, 0.6) is 0 Å². The molecule has 31 heavy (non-hydrogen) atoms. The van der Waals surface area contributed by atoms with Crippen LogP contribution in [-0.2, 0) is 6.42 Å². The van der Waals surface area contributed by atoms with Crippen molar-refractivity contribution in [3.63, 3.8) is 0 Å². The number of rotatable bonds is 6. The molecule has 0 amide bonds. The molecule has 2 aromatic heterocycles. The number of nitrogens with two attached hydrogens (primary N) is 1. The highest BCUT2D eigenvalue weighted by atomic mass is 32.2. The van der Waals surface area contributed by atoms with Crippen molar-refractivity contribution < 1.29 is 17.6 Å². The van der Waals surface area contributed by atoms with Crippen molar-refractivity contribution in [3.05, 3.63) is 58.1 Å². The number of nitrogens with zero attached hydrogens (tertiary/aromatic N) is 3. The van der Waals surface area contributed by atoms with Gasteiger partial charge in [0.25, 0.3) is 12.0 Å². The first kappa shape index (κ1) is 22.5.